The summed E-state index contributed by atoms with van der Waals surface area (Å²) in [5.41, 5.74) is 0.878. The third-order valence-electron chi connectivity index (χ3n) is 2.25. The third kappa shape index (κ3) is 1.45. The van der Waals surface area contributed by atoms with E-state index in [0.717, 1.165) is 0 Å². The fourth-order valence-corrected chi connectivity index (χ4v) is 1.56. The highest BCUT2D eigenvalue weighted by Gasteiger charge is 2.19. The first-order chi connectivity index (χ1) is 9.05. The van der Waals surface area contributed by atoms with Gasteiger partial charge in [-0.05, 0) is 26.0 Å². The van der Waals surface area contributed by atoms with Crippen LogP contribution < -0.4 is 9.80 Å². The van der Waals surface area contributed by atoms with Crippen LogP contribution in [0.4, 0.5) is 11.4 Å². The van der Waals surface area contributed by atoms with E-state index in [1.54, 1.807) is 24.3 Å². The van der Waals surface area contributed by atoms with E-state index in [2.05, 4.69) is 0 Å². The van der Waals surface area contributed by atoms with Gasteiger partial charge in [0.05, 0.1) is 14.1 Å². The number of anilines is 2. The molecule has 0 aliphatic carbocycles. The maximum absolute atomic E-state index is 8.12. The first kappa shape index (κ1) is 4.56. The van der Waals surface area contributed by atoms with Crippen LogP contribution in [-0.4, -0.2) is 26.0 Å². The van der Waals surface area contributed by atoms with Gasteiger partial charge < -0.3 is 9.80 Å². The second-order valence-electron chi connectivity index (χ2n) is 2.97. The van der Waals surface area contributed by atoms with E-state index in [9.17, 15) is 0 Å². The van der Waals surface area contributed by atoms with E-state index in [0.29, 0.717) is 11.4 Å². The van der Waals surface area contributed by atoms with E-state index in [4.69, 9.17) is 8.22 Å². The van der Waals surface area contributed by atoms with Crippen molar-refractivity contribution in [1.82, 2.24) is 0 Å². The van der Waals surface area contributed by atoms with Crippen LogP contribution in [-0.2, 0) is 0 Å². The Morgan fingerprint density at radius 2 is 1.57 bits per heavy atom. The molecule has 0 aromatic heterocycles. The Hall–Kier alpha value is -1.18. The van der Waals surface area contributed by atoms with Crippen molar-refractivity contribution < 1.29 is 8.22 Å². The molecule has 1 aromatic carbocycles. The number of benzene rings is 1. The summed E-state index contributed by atoms with van der Waals surface area (Å²) in [6, 6.07) is 6.75. The largest absolute Gasteiger partial charge is 0.368 e. The van der Waals surface area contributed by atoms with Crippen molar-refractivity contribution in [1.29, 1.82) is 0 Å². The predicted octanol–water partition coefficient (Wildman–Crippen LogP) is 2.35. The molecule has 0 saturated carbocycles. The number of rotatable bonds is 2. The predicted molar refractivity (Wildman–Crippen MR) is 62.2 cm³/mol. The van der Waals surface area contributed by atoms with E-state index >= 15 is 0 Å². The third-order valence-corrected chi connectivity index (χ3v) is 2.25. The first-order valence-corrected chi connectivity index (χ1v) is 4.57. The average Bonchev–Trinajstić information content (AvgIpc) is 2.27. The molecule has 1 aliphatic rings. The van der Waals surface area contributed by atoms with E-state index < -0.39 is 26.0 Å². The summed E-state index contributed by atoms with van der Waals surface area (Å²) in [4.78, 5) is 2.45. The smallest absolute Gasteiger partial charge is 0.0604 e. The Labute approximate surface area is 94.6 Å². The second-order valence-corrected chi connectivity index (χ2v) is 2.97. The lowest BCUT2D eigenvalue weighted by atomic mass is 10.1. The summed E-state index contributed by atoms with van der Waals surface area (Å²) in [7, 11) is 0. The molecule has 0 amide bonds. The minimum Gasteiger partial charge on any atom is -0.368 e. The van der Waals surface area contributed by atoms with Gasteiger partial charge in [0.1, 0.15) is 0 Å². The highest BCUT2D eigenvalue weighted by Crippen LogP contribution is 2.31. The molecule has 2 atom stereocenters. The lowest BCUT2D eigenvalue weighted by Crippen LogP contribution is -2.40. The van der Waals surface area contributed by atoms with Crippen LogP contribution in [0.15, 0.2) is 24.3 Å². The normalized spacial score (nSPS) is 34.4. The van der Waals surface area contributed by atoms with E-state index in [-0.39, 0.29) is 0 Å². The molecular weight excluding hydrogens is 172 g/mol. The van der Waals surface area contributed by atoms with Crippen molar-refractivity contribution in [3.8, 4) is 0 Å². The summed E-state index contributed by atoms with van der Waals surface area (Å²) in [6.07, 6.45) is 0. The van der Waals surface area contributed by atoms with Crippen molar-refractivity contribution in [3.05, 3.63) is 24.3 Å². The first-order valence-electron chi connectivity index (χ1n) is 7.73. The van der Waals surface area contributed by atoms with Gasteiger partial charge in [-0.2, -0.15) is 0 Å². The molecule has 1 aromatic rings. The number of hydrogen-bond donors (Lipinski definition) is 0. The molecule has 2 rings (SSSR count). The van der Waals surface area contributed by atoms with Crippen molar-refractivity contribution in [2.45, 2.75) is 13.8 Å². The van der Waals surface area contributed by atoms with Crippen LogP contribution in [0.1, 0.15) is 22.1 Å². The molecule has 2 unspecified atom stereocenters. The van der Waals surface area contributed by atoms with Crippen LogP contribution in [0.25, 0.3) is 0 Å². The van der Waals surface area contributed by atoms with E-state index in [1.807, 2.05) is 0 Å². The quantitative estimate of drug-likeness (QED) is 0.716. The molecule has 0 spiro atoms. The van der Waals surface area contributed by atoms with Crippen LogP contribution in [0.2, 0.25) is 0 Å². The van der Waals surface area contributed by atoms with Crippen molar-refractivity contribution >= 4 is 11.4 Å². The fourth-order valence-electron chi connectivity index (χ4n) is 1.56. The van der Waals surface area contributed by atoms with E-state index in [1.165, 1.54) is 23.6 Å². The molecule has 14 heavy (non-hydrogen) atoms. The monoisotopic (exact) mass is 196 g/mol. The summed E-state index contributed by atoms with van der Waals surface area (Å²) in [6.45, 7) is -3.33. The molecule has 0 saturated heterocycles. The number of fused-ring (bicyclic) bond motifs is 1. The van der Waals surface area contributed by atoms with Gasteiger partial charge in [0, 0.05) is 31.5 Å². The standard InChI is InChI=1S/C12H18N2/c1-3-13-9-10-14(4-2)12-8-6-5-7-11(12)13/h5-8H,3-4,9-10H2,1-2H3/i3D2,4D2,9D,10D. The summed E-state index contributed by atoms with van der Waals surface area (Å²) >= 11 is 0. The topological polar surface area (TPSA) is 6.48 Å². The highest BCUT2D eigenvalue weighted by molar-refractivity contribution is 5.73. The minimum absolute atomic E-state index is 0.439. The molecule has 0 bridgehead atoms. The molecule has 2 heteroatoms. The Morgan fingerprint density at radius 1 is 1.14 bits per heavy atom. The zero-order valence-corrected chi connectivity index (χ0v) is 8.36. The minimum atomic E-state index is -1.80. The molecule has 1 aliphatic heterocycles. The lowest BCUT2D eigenvalue weighted by molar-refractivity contribution is 0.723. The Morgan fingerprint density at radius 3 is 1.93 bits per heavy atom. The Kier molecular flexibility index (Phi) is 1.27. The Balaban J connectivity index is 2.64. The SMILES string of the molecule is [2H]C1C([2H])N(C([2H])([2H])C)c2ccccc2N1C([2H])([2H])C. The van der Waals surface area contributed by atoms with Gasteiger partial charge in [0.15, 0.2) is 0 Å². The van der Waals surface area contributed by atoms with Crippen LogP contribution in [0, 0.1) is 0 Å². The van der Waals surface area contributed by atoms with Gasteiger partial charge >= 0.3 is 0 Å². The molecule has 2 nitrogen and oxygen atoms in total. The summed E-state index contributed by atoms with van der Waals surface area (Å²) < 4.78 is 47.7. The lowest BCUT2D eigenvalue weighted by Gasteiger charge is -2.37. The molecule has 0 N–H and O–H groups in total. The van der Waals surface area contributed by atoms with Crippen molar-refractivity contribution in [2.24, 2.45) is 0 Å². The van der Waals surface area contributed by atoms with Crippen molar-refractivity contribution in [2.75, 3.05) is 35.8 Å². The van der Waals surface area contributed by atoms with Gasteiger partial charge in [0.2, 0.25) is 0 Å². The average molecular weight is 196 g/mol. The fraction of sp³-hybridized carbons (Fsp3) is 0.500. The molecule has 0 fully saturated rings. The zero-order chi connectivity index (χ0) is 15.3. The van der Waals surface area contributed by atoms with Gasteiger partial charge in [-0.3, -0.25) is 0 Å². The second kappa shape index (κ2) is 3.91. The maximum atomic E-state index is 8.12. The number of nitrogens with zero attached hydrogens (tertiary/aromatic N) is 2. The molecule has 1 heterocycles. The van der Waals surface area contributed by atoms with Gasteiger partial charge in [-0.15, -0.1) is 0 Å². The zero-order valence-electron chi connectivity index (χ0n) is 14.4. The van der Waals surface area contributed by atoms with Crippen LogP contribution >= 0.6 is 0 Å². The van der Waals surface area contributed by atoms with Gasteiger partial charge in [-0.25, -0.2) is 0 Å². The highest BCUT2D eigenvalue weighted by atomic mass is 15.3. The maximum Gasteiger partial charge on any atom is 0.0604 e. The Bertz CT molecular complexity index is 450. The molecule has 76 valence electrons. The number of hydrogen-bond acceptors (Lipinski definition) is 2. The number of para-hydroxylation sites is 2. The molecular formula is C12H18N2. The number of likely N-dealkylation sites (N-methyl/N-ethyl adjacent to an activating group) is 2. The van der Waals surface area contributed by atoms with Gasteiger partial charge in [-0.1, -0.05) is 12.1 Å². The van der Waals surface area contributed by atoms with Crippen molar-refractivity contribution in [3.63, 3.8) is 0 Å². The van der Waals surface area contributed by atoms with Gasteiger partial charge in [0.25, 0.3) is 0 Å². The van der Waals surface area contributed by atoms with Crippen LogP contribution in [0.3, 0.4) is 0 Å². The molecule has 0 radical (unpaired) electrons. The summed E-state index contributed by atoms with van der Waals surface area (Å²) in [5.74, 6) is 0. The summed E-state index contributed by atoms with van der Waals surface area (Å²) in [5, 5.41) is 0. The van der Waals surface area contributed by atoms with Crippen LogP contribution in [0.5, 0.6) is 0 Å².